The van der Waals surface area contributed by atoms with Crippen molar-refractivity contribution >= 4 is 0 Å². The number of hydrogen-bond donors (Lipinski definition) is 1. The summed E-state index contributed by atoms with van der Waals surface area (Å²) in [4.78, 5) is 8.44. The summed E-state index contributed by atoms with van der Waals surface area (Å²) >= 11 is 0. The fourth-order valence-electron chi connectivity index (χ4n) is 1.77. The first kappa shape index (κ1) is 11.8. The molecule has 1 atom stereocenters. The van der Waals surface area contributed by atoms with Crippen molar-refractivity contribution in [2.75, 3.05) is 0 Å². The molecule has 0 saturated heterocycles. The van der Waals surface area contributed by atoms with E-state index in [0.717, 1.165) is 25.1 Å². The molecule has 0 amide bonds. The molecule has 0 aliphatic carbocycles. The maximum absolute atomic E-state index is 5.74. The van der Waals surface area contributed by atoms with Crippen LogP contribution < -0.4 is 5.73 Å². The van der Waals surface area contributed by atoms with E-state index in [2.05, 4.69) is 26.8 Å². The van der Waals surface area contributed by atoms with Crippen LogP contribution in [0.25, 0.3) is 0 Å². The van der Waals surface area contributed by atoms with E-state index in [4.69, 9.17) is 5.73 Å². The molecule has 0 aromatic carbocycles. The van der Waals surface area contributed by atoms with Gasteiger partial charge in [-0.1, -0.05) is 6.07 Å². The number of hydrogen-bond acceptors (Lipinski definition) is 3. The third-order valence-corrected chi connectivity index (χ3v) is 2.60. The van der Waals surface area contributed by atoms with Crippen molar-refractivity contribution in [3.05, 3.63) is 48.3 Å². The number of pyridine rings is 1. The molecule has 4 nitrogen and oxygen atoms in total. The smallest absolute Gasteiger partial charge is 0.0949 e. The first-order valence-electron chi connectivity index (χ1n) is 5.89. The summed E-state index contributed by atoms with van der Waals surface area (Å²) < 4.78 is 2.10. The van der Waals surface area contributed by atoms with Crippen LogP contribution in [0.3, 0.4) is 0 Å². The predicted octanol–water partition coefficient (Wildman–Crippen LogP) is 1.41. The van der Waals surface area contributed by atoms with Gasteiger partial charge >= 0.3 is 0 Å². The molecule has 0 aliphatic heterocycles. The predicted molar refractivity (Wildman–Crippen MR) is 67.5 cm³/mol. The van der Waals surface area contributed by atoms with E-state index in [1.165, 1.54) is 5.56 Å². The van der Waals surface area contributed by atoms with Crippen LogP contribution in [0.5, 0.6) is 0 Å². The Hall–Kier alpha value is -1.68. The minimum absolute atomic E-state index is 0.164. The second-order valence-corrected chi connectivity index (χ2v) is 4.40. The van der Waals surface area contributed by atoms with E-state index in [-0.39, 0.29) is 6.04 Å². The highest BCUT2D eigenvalue weighted by molar-refractivity contribution is 5.08. The number of nitrogens with zero attached hydrogens (tertiary/aromatic N) is 3. The first-order valence-corrected chi connectivity index (χ1v) is 5.89. The second-order valence-electron chi connectivity index (χ2n) is 4.40. The Labute approximate surface area is 102 Å². The zero-order valence-corrected chi connectivity index (χ0v) is 10.1. The van der Waals surface area contributed by atoms with Gasteiger partial charge in [-0.25, -0.2) is 4.98 Å². The molecular weight excluding hydrogens is 212 g/mol. The Balaban J connectivity index is 1.89. The Morgan fingerprint density at radius 2 is 2.35 bits per heavy atom. The van der Waals surface area contributed by atoms with Crippen molar-refractivity contribution in [3.63, 3.8) is 0 Å². The molecular formula is C13H18N4. The van der Waals surface area contributed by atoms with Gasteiger partial charge in [0.05, 0.1) is 12.0 Å². The fourth-order valence-corrected chi connectivity index (χ4v) is 1.77. The minimum Gasteiger partial charge on any atom is -0.337 e. The van der Waals surface area contributed by atoms with Crippen LogP contribution in [0.15, 0.2) is 37.1 Å². The van der Waals surface area contributed by atoms with Crippen LogP contribution >= 0.6 is 0 Å². The van der Waals surface area contributed by atoms with Gasteiger partial charge in [-0.15, -0.1) is 0 Å². The molecule has 0 radical (unpaired) electrons. The highest BCUT2D eigenvalue weighted by Crippen LogP contribution is 2.03. The zero-order valence-electron chi connectivity index (χ0n) is 10.1. The van der Waals surface area contributed by atoms with E-state index in [1.807, 2.05) is 25.5 Å². The van der Waals surface area contributed by atoms with E-state index in [1.54, 1.807) is 6.20 Å². The summed E-state index contributed by atoms with van der Waals surface area (Å²) in [5.41, 5.74) is 8.05. The minimum atomic E-state index is 0.164. The third kappa shape index (κ3) is 3.67. The van der Waals surface area contributed by atoms with E-state index < -0.39 is 0 Å². The molecule has 0 spiro atoms. The van der Waals surface area contributed by atoms with Crippen molar-refractivity contribution in [1.29, 1.82) is 0 Å². The van der Waals surface area contributed by atoms with Crippen LogP contribution in [0.1, 0.15) is 18.2 Å². The SMILES string of the molecule is CC(N)Cc1cn(CCc2cccnc2)cn1. The summed E-state index contributed by atoms with van der Waals surface area (Å²) in [5, 5.41) is 0. The molecule has 0 bridgehead atoms. The van der Waals surface area contributed by atoms with Gasteiger partial charge in [-0.05, 0) is 25.0 Å². The Bertz CT molecular complexity index is 447. The normalized spacial score (nSPS) is 12.6. The number of rotatable bonds is 5. The van der Waals surface area contributed by atoms with Crippen LogP contribution in [-0.2, 0) is 19.4 Å². The monoisotopic (exact) mass is 230 g/mol. The molecule has 1 unspecified atom stereocenters. The van der Waals surface area contributed by atoms with Crippen molar-refractivity contribution < 1.29 is 0 Å². The number of nitrogens with two attached hydrogens (primary N) is 1. The molecule has 90 valence electrons. The third-order valence-electron chi connectivity index (χ3n) is 2.60. The molecule has 0 aliphatic rings. The molecule has 2 heterocycles. The van der Waals surface area contributed by atoms with Crippen molar-refractivity contribution in [1.82, 2.24) is 14.5 Å². The van der Waals surface area contributed by atoms with Gasteiger partial charge in [-0.2, -0.15) is 0 Å². The van der Waals surface area contributed by atoms with Crippen LogP contribution in [0, 0.1) is 0 Å². The summed E-state index contributed by atoms with van der Waals surface area (Å²) in [6.45, 7) is 2.92. The molecule has 17 heavy (non-hydrogen) atoms. The Morgan fingerprint density at radius 3 is 3.06 bits per heavy atom. The average molecular weight is 230 g/mol. The lowest BCUT2D eigenvalue weighted by atomic mass is 10.2. The van der Waals surface area contributed by atoms with Crippen molar-refractivity contribution in [3.8, 4) is 0 Å². The van der Waals surface area contributed by atoms with Crippen LogP contribution in [-0.4, -0.2) is 20.6 Å². The van der Waals surface area contributed by atoms with Crippen molar-refractivity contribution in [2.45, 2.75) is 32.4 Å². The average Bonchev–Trinajstić information content (AvgIpc) is 2.75. The van der Waals surface area contributed by atoms with Crippen molar-refractivity contribution in [2.24, 2.45) is 5.73 Å². The molecule has 0 fully saturated rings. The first-order chi connectivity index (χ1) is 8.24. The fraction of sp³-hybridized carbons (Fsp3) is 0.385. The van der Waals surface area contributed by atoms with Gasteiger partial charge in [0.1, 0.15) is 0 Å². The zero-order chi connectivity index (χ0) is 12.1. The molecule has 4 heteroatoms. The summed E-state index contributed by atoms with van der Waals surface area (Å²) in [6.07, 6.45) is 9.44. The Morgan fingerprint density at radius 1 is 1.47 bits per heavy atom. The number of imidazole rings is 1. The van der Waals surface area contributed by atoms with Gasteiger partial charge in [0.2, 0.25) is 0 Å². The molecule has 2 N–H and O–H groups in total. The van der Waals surface area contributed by atoms with E-state index >= 15 is 0 Å². The summed E-state index contributed by atoms with van der Waals surface area (Å²) in [5.74, 6) is 0. The summed E-state index contributed by atoms with van der Waals surface area (Å²) in [7, 11) is 0. The lowest BCUT2D eigenvalue weighted by Gasteiger charge is -2.02. The lowest BCUT2D eigenvalue weighted by Crippen LogP contribution is -2.17. The number of aryl methyl sites for hydroxylation is 2. The van der Waals surface area contributed by atoms with Gasteiger partial charge in [0.15, 0.2) is 0 Å². The van der Waals surface area contributed by atoms with E-state index in [9.17, 15) is 0 Å². The molecule has 0 saturated carbocycles. The highest BCUT2D eigenvalue weighted by Gasteiger charge is 2.02. The van der Waals surface area contributed by atoms with Gasteiger partial charge in [0.25, 0.3) is 0 Å². The summed E-state index contributed by atoms with van der Waals surface area (Å²) in [6, 6.07) is 4.22. The molecule has 2 aromatic rings. The van der Waals surface area contributed by atoms with E-state index in [0.29, 0.717) is 0 Å². The molecule has 2 rings (SSSR count). The van der Waals surface area contributed by atoms with Crippen LogP contribution in [0.2, 0.25) is 0 Å². The largest absolute Gasteiger partial charge is 0.337 e. The maximum atomic E-state index is 5.74. The Kier molecular flexibility index (Phi) is 3.88. The van der Waals surface area contributed by atoms with Gasteiger partial charge in [0, 0.05) is 37.6 Å². The highest BCUT2D eigenvalue weighted by atomic mass is 15.0. The molecule has 2 aromatic heterocycles. The van der Waals surface area contributed by atoms with Crippen LogP contribution in [0.4, 0.5) is 0 Å². The topological polar surface area (TPSA) is 56.7 Å². The quantitative estimate of drug-likeness (QED) is 0.845. The van der Waals surface area contributed by atoms with Gasteiger partial charge < -0.3 is 10.3 Å². The lowest BCUT2D eigenvalue weighted by molar-refractivity contribution is 0.689. The number of aromatic nitrogens is 3. The van der Waals surface area contributed by atoms with Gasteiger partial charge in [-0.3, -0.25) is 4.98 Å². The maximum Gasteiger partial charge on any atom is 0.0949 e. The standard InChI is InChI=1S/C13H18N4/c1-11(14)7-13-9-17(10-16-13)6-4-12-3-2-5-15-8-12/h2-3,5,8-11H,4,6-7,14H2,1H3. The second kappa shape index (κ2) is 5.59.